The highest BCUT2D eigenvalue weighted by molar-refractivity contribution is 7.91. The molecule has 1 saturated heterocycles. The van der Waals surface area contributed by atoms with Crippen molar-refractivity contribution < 1.29 is 12.9 Å². The Kier molecular flexibility index (Phi) is 2.96. The van der Waals surface area contributed by atoms with Crippen LogP contribution in [0.1, 0.15) is 0 Å². The van der Waals surface area contributed by atoms with Crippen LogP contribution in [0.25, 0.3) is 0 Å². The van der Waals surface area contributed by atoms with E-state index in [4.69, 9.17) is 0 Å². The summed E-state index contributed by atoms with van der Waals surface area (Å²) in [7, 11) is 7.25. The van der Waals surface area contributed by atoms with Gasteiger partial charge in [-0.15, -0.1) is 0 Å². The summed E-state index contributed by atoms with van der Waals surface area (Å²) in [5.41, 5.74) is 0. The number of sulfone groups is 1. The minimum absolute atomic E-state index is 0.153. The molecule has 1 aliphatic heterocycles. The number of quaternary nitrogens is 1. The standard InChI is InChI=1S/C9H21N2O2S/c1-10(2)8-6-14(12,13)7-9(8)11(3,4)5/h8-9H,6-7H2,1-5H3/q+1/t8-,9+/m1/s1. The largest absolute Gasteiger partial charge is 0.326 e. The first-order chi connectivity index (χ1) is 6.13. The zero-order chi connectivity index (χ0) is 11.1. The second-order valence-electron chi connectivity index (χ2n) is 5.29. The van der Waals surface area contributed by atoms with Gasteiger partial charge in [0.05, 0.1) is 32.9 Å². The molecule has 0 spiro atoms. The molecule has 0 aliphatic carbocycles. The molecule has 5 heteroatoms. The SMILES string of the molecule is CN(C)[C@@H]1CS(=O)(=O)C[C@@H]1[N+](C)(C)C. The van der Waals surface area contributed by atoms with E-state index in [0.29, 0.717) is 16.0 Å². The Labute approximate surface area is 87.0 Å². The maximum absolute atomic E-state index is 11.6. The van der Waals surface area contributed by atoms with Gasteiger partial charge < -0.3 is 9.38 Å². The Hall–Kier alpha value is -0.130. The summed E-state index contributed by atoms with van der Waals surface area (Å²) in [6.07, 6.45) is 0. The van der Waals surface area contributed by atoms with Crippen LogP contribution in [0.4, 0.5) is 0 Å². The number of hydrogen-bond acceptors (Lipinski definition) is 3. The van der Waals surface area contributed by atoms with Crippen LogP contribution in [-0.4, -0.2) is 76.6 Å². The van der Waals surface area contributed by atoms with E-state index in [2.05, 4.69) is 21.1 Å². The molecule has 2 atom stereocenters. The molecule has 1 rings (SSSR count). The van der Waals surface area contributed by atoms with E-state index in [0.717, 1.165) is 0 Å². The first-order valence-corrected chi connectivity index (χ1v) is 6.63. The van der Waals surface area contributed by atoms with Crippen LogP contribution in [0, 0.1) is 0 Å². The summed E-state index contributed by atoms with van der Waals surface area (Å²) in [4.78, 5) is 2.03. The molecule has 0 aromatic heterocycles. The first kappa shape index (κ1) is 11.9. The molecule has 4 nitrogen and oxygen atoms in total. The van der Waals surface area contributed by atoms with Crippen LogP contribution in [0.2, 0.25) is 0 Å². The average molecular weight is 221 g/mol. The van der Waals surface area contributed by atoms with Gasteiger partial charge in [0.1, 0.15) is 11.8 Å². The molecule has 1 heterocycles. The summed E-state index contributed by atoms with van der Waals surface area (Å²) in [6.45, 7) is 0. The van der Waals surface area contributed by atoms with Gasteiger partial charge in [-0.2, -0.15) is 0 Å². The average Bonchev–Trinajstić information content (AvgIpc) is 2.24. The number of likely N-dealkylation sites (N-methyl/N-ethyl adjacent to an activating group) is 2. The van der Waals surface area contributed by atoms with Gasteiger partial charge in [0.25, 0.3) is 0 Å². The van der Waals surface area contributed by atoms with Crippen molar-refractivity contribution in [3.05, 3.63) is 0 Å². The van der Waals surface area contributed by atoms with Crippen molar-refractivity contribution in [3.63, 3.8) is 0 Å². The van der Waals surface area contributed by atoms with Gasteiger partial charge in [0.15, 0.2) is 9.84 Å². The molecule has 0 radical (unpaired) electrons. The van der Waals surface area contributed by atoms with Gasteiger partial charge in [-0.1, -0.05) is 0 Å². The number of hydrogen-bond donors (Lipinski definition) is 0. The van der Waals surface area contributed by atoms with Crippen LogP contribution in [-0.2, 0) is 9.84 Å². The van der Waals surface area contributed by atoms with E-state index < -0.39 is 9.84 Å². The lowest BCUT2D eigenvalue weighted by molar-refractivity contribution is -0.894. The maximum Gasteiger partial charge on any atom is 0.157 e. The predicted molar refractivity (Wildman–Crippen MR) is 57.9 cm³/mol. The second-order valence-corrected chi connectivity index (χ2v) is 7.45. The van der Waals surface area contributed by atoms with Gasteiger partial charge in [0.2, 0.25) is 0 Å². The Morgan fingerprint density at radius 3 is 1.93 bits per heavy atom. The second kappa shape index (κ2) is 3.47. The minimum atomic E-state index is -2.83. The maximum atomic E-state index is 11.6. The van der Waals surface area contributed by atoms with Gasteiger partial charge >= 0.3 is 0 Å². The lowest BCUT2D eigenvalue weighted by atomic mass is 10.1. The predicted octanol–water partition coefficient (Wildman–Crippen LogP) is -0.580. The molecule has 0 aromatic carbocycles. The topological polar surface area (TPSA) is 37.4 Å². The van der Waals surface area contributed by atoms with Crippen molar-refractivity contribution >= 4 is 9.84 Å². The molecule has 0 aromatic rings. The molecule has 14 heavy (non-hydrogen) atoms. The van der Waals surface area contributed by atoms with Crippen molar-refractivity contribution in [1.82, 2.24) is 4.90 Å². The lowest BCUT2D eigenvalue weighted by Crippen LogP contribution is -2.55. The number of nitrogens with zero attached hydrogens (tertiary/aromatic N) is 2. The Balaban J connectivity index is 2.95. The Morgan fingerprint density at radius 2 is 1.64 bits per heavy atom. The molecule has 0 saturated carbocycles. The van der Waals surface area contributed by atoms with Crippen LogP contribution >= 0.6 is 0 Å². The third kappa shape index (κ3) is 2.46. The third-order valence-electron chi connectivity index (χ3n) is 2.95. The third-order valence-corrected chi connectivity index (χ3v) is 4.65. The quantitative estimate of drug-likeness (QED) is 0.586. The van der Waals surface area contributed by atoms with Gasteiger partial charge in [-0.25, -0.2) is 8.42 Å². The molecular weight excluding hydrogens is 200 g/mol. The van der Waals surface area contributed by atoms with E-state index in [1.807, 2.05) is 19.0 Å². The van der Waals surface area contributed by atoms with Crippen LogP contribution in [0.5, 0.6) is 0 Å². The van der Waals surface area contributed by atoms with E-state index in [9.17, 15) is 8.42 Å². The van der Waals surface area contributed by atoms with E-state index in [1.54, 1.807) is 0 Å². The molecule has 0 N–H and O–H groups in total. The smallest absolute Gasteiger partial charge is 0.157 e. The highest BCUT2D eigenvalue weighted by atomic mass is 32.2. The zero-order valence-corrected chi connectivity index (χ0v) is 10.5. The van der Waals surface area contributed by atoms with E-state index >= 15 is 0 Å². The fourth-order valence-electron chi connectivity index (χ4n) is 2.04. The molecule has 1 fully saturated rings. The van der Waals surface area contributed by atoms with Crippen molar-refractivity contribution in [2.45, 2.75) is 12.1 Å². The first-order valence-electron chi connectivity index (χ1n) is 4.81. The summed E-state index contributed by atoms with van der Waals surface area (Å²) in [6, 6.07) is 0.343. The van der Waals surface area contributed by atoms with Gasteiger partial charge in [-0.05, 0) is 14.1 Å². The van der Waals surface area contributed by atoms with Crippen LogP contribution in [0.15, 0.2) is 0 Å². The normalized spacial score (nSPS) is 32.4. The monoisotopic (exact) mass is 221 g/mol. The van der Waals surface area contributed by atoms with Crippen LogP contribution in [0.3, 0.4) is 0 Å². The summed E-state index contributed by atoms with van der Waals surface area (Å²) in [5, 5.41) is 0. The molecule has 0 bridgehead atoms. The Morgan fingerprint density at radius 1 is 1.14 bits per heavy atom. The van der Waals surface area contributed by atoms with E-state index in [-0.39, 0.29) is 12.1 Å². The summed E-state index contributed by atoms with van der Waals surface area (Å²) >= 11 is 0. The molecule has 0 amide bonds. The van der Waals surface area contributed by atoms with Gasteiger partial charge in [-0.3, -0.25) is 0 Å². The molecular formula is C9H21N2O2S+. The van der Waals surface area contributed by atoms with E-state index in [1.165, 1.54) is 0 Å². The number of rotatable bonds is 2. The van der Waals surface area contributed by atoms with Crippen LogP contribution < -0.4 is 0 Å². The molecule has 84 valence electrons. The zero-order valence-electron chi connectivity index (χ0n) is 9.69. The summed E-state index contributed by atoms with van der Waals surface area (Å²) in [5.74, 6) is 0.625. The molecule has 0 unspecified atom stereocenters. The highest BCUT2D eigenvalue weighted by Gasteiger charge is 2.46. The van der Waals surface area contributed by atoms with Crippen molar-refractivity contribution in [3.8, 4) is 0 Å². The molecule has 1 aliphatic rings. The lowest BCUT2D eigenvalue weighted by Gasteiger charge is -2.36. The van der Waals surface area contributed by atoms with Crippen molar-refractivity contribution in [1.29, 1.82) is 0 Å². The summed E-state index contributed by atoms with van der Waals surface area (Å²) < 4.78 is 23.8. The highest BCUT2D eigenvalue weighted by Crippen LogP contribution is 2.23. The van der Waals surface area contributed by atoms with Crippen molar-refractivity contribution in [2.24, 2.45) is 0 Å². The van der Waals surface area contributed by atoms with Gasteiger partial charge in [0, 0.05) is 0 Å². The fourth-order valence-corrected chi connectivity index (χ4v) is 4.41. The fraction of sp³-hybridized carbons (Fsp3) is 1.00. The van der Waals surface area contributed by atoms with Crippen molar-refractivity contribution in [2.75, 3.05) is 46.7 Å². The minimum Gasteiger partial charge on any atom is -0.326 e. The Bertz CT molecular complexity index is 303.